The Hall–Kier alpha value is -1.76. The molecule has 2 N–H and O–H groups in total. The molecule has 0 saturated heterocycles. The summed E-state index contributed by atoms with van der Waals surface area (Å²) < 4.78 is 13.4. The second-order valence-electron chi connectivity index (χ2n) is 5.18. The molecule has 0 radical (unpaired) electrons. The van der Waals surface area contributed by atoms with E-state index in [0.29, 0.717) is 19.0 Å². The van der Waals surface area contributed by atoms with Crippen LogP contribution in [0.25, 0.3) is 0 Å². The summed E-state index contributed by atoms with van der Waals surface area (Å²) >= 11 is 1.64. The van der Waals surface area contributed by atoms with E-state index >= 15 is 0 Å². The van der Waals surface area contributed by atoms with E-state index < -0.39 is 0 Å². The van der Waals surface area contributed by atoms with E-state index in [4.69, 9.17) is 0 Å². The summed E-state index contributed by atoms with van der Waals surface area (Å²) in [6, 6.07) is 4.76. The predicted molar refractivity (Wildman–Crippen MR) is 95.1 cm³/mol. The summed E-state index contributed by atoms with van der Waals surface area (Å²) in [4.78, 5) is 17.6. The third-order valence-electron chi connectivity index (χ3n) is 3.13. The first-order valence-corrected chi connectivity index (χ1v) is 8.85. The average molecular weight is 340 g/mol. The van der Waals surface area contributed by atoms with Crippen LogP contribution in [0.15, 0.2) is 23.2 Å². The summed E-state index contributed by atoms with van der Waals surface area (Å²) in [7, 11) is 3.42. The molecule has 1 amide bonds. The van der Waals surface area contributed by atoms with E-state index in [1.807, 2.05) is 13.2 Å². The molecule has 0 spiro atoms. The van der Waals surface area contributed by atoms with E-state index in [1.165, 1.54) is 11.0 Å². The molecule has 0 aliphatic heterocycles. The van der Waals surface area contributed by atoms with E-state index in [2.05, 4.69) is 15.6 Å². The lowest BCUT2D eigenvalue weighted by atomic mass is 10.1. The Morgan fingerprint density at radius 2 is 2.04 bits per heavy atom. The number of carbonyl (C=O) groups excluding carboxylic acids is 1. The Labute approximate surface area is 141 Å². The van der Waals surface area contributed by atoms with Crippen LogP contribution in [-0.2, 0) is 17.1 Å². The monoisotopic (exact) mass is 340 g/mol. The van der Waals surface area contributed by atoms with Crippen LogP contribution in [0, 0.1) is 5.82 Å². The third-order valence-corrected chi connectivity index (χ3v) is 3.73. The number of nitrogens with zero attached hydrogens (tertiary/aromatic N) is 2. The van der Waals surface area contributed by atoms with E-state index in [0.717, 1.165) is 16.9 Å². The summed E-state index contributed by atoms with van der Waals surface area (Å²) in [5, 5.41) is 6.10. The van der Waals surface area contributed by atoms with E-state index in [9.17, 15) is 9.18 Å². The Morgan fingerprint density at radius 1 is 1.30 bits per heavy atom. The van der Waals surface area contributed by atoms with Gasteiger partial charge in [0.1, 0.15) is 5.82 Å². The maximum atomic E-state index is 13.4. The van der Waals surface area contributed by atoms with Gasteiger partial charge in [-0.1, -0.05) is 6.07 Å². The fourth-order valence-corrected chi connectivity index (χ4v) is 2.44. The Bertz CT molecular complexity index is 549. The van der Waals surface area contributed by atoms with E-state index in [-0.39, 0.29) is 18.3 Å². The zero-order valence-electron chi connectivity index (χ0n) is 14.1. The molecule has 0 bridgehead atoms. The number of nitrogens with one attached hydrogen (secondary N) is 2. The molecule has 0 aliphatic rings. The molecular weight excluding hydrogens is 315 g/mol. The van der Waals surface area contributed by atoms with Crippen LogP contribution in [0.2, 0.25) is 0 Å². The number of amides is 1. The van der Waals surface area contributed by atoms with Crippen molar-refractivity contribution < 1.29 is 9.18 Å². The summed E-state index contributed by atoms with van der Waals surface area (Å²) in [5.41, 5.74) is 1.93. The standard InChI is InChI=1S/C16H25FN4OS/c1-5-18-16(20-10-15(22)21(2)3)19-9-12-6-7-14(17)8-13(12)11-23-4/h6-8H,5,9-11H2,1-4H3,(H2,18,19,20). The third kappa shape index (κ3) is 6.90. The van der Waals surface area contributed by atoms with Gasteiger partial charge < -0.3 is 15.5 Å². The van der Waals surface area contributed by atoms with Crippen molar-refractivity contribution in [3.8, 4) is 0 Å². The van der Waals surface area contributed by atoms with Crippen LogP contribution < -0.4 is 10.6 Å². The zero-order chi connectivity index (χ0) is 17.2. The molecule has 0 saturated carbocycles. The number of hydrogen-bond acceptors (Lipinski definition) is 3. The molecule has 5 nitrogen and oxygen atoms in total. The second-order valence-corrected chi connectivity index (χ2v) is 6.05. The van der Waals surface area contributed by atoms with Crippen LogP contribution in [0.4, 0.5) is 4.39 Å². The van der Waals surface area contributed by atoms with Gasteiger partial charge in [-0.25, -0.2) is 9.38 Å². The highest BCUT2D eigenvalue weighted by molar-refractivity contribution is 7.97. The van der Waals surface area contributed by atoms with Crippen LogP contribution >= 0.6 is 11.8 Å². The van der Waals surface area contributed by atoms with Gasteiger partial charge in [0.25, 0.3) is 0 Å². The quantitative estimate of drug-likeness (QED) is 0.587. The highest BCUT2D eigenvalue weighted by atomic mass is 32.2. The average Bonchev–Trinajstić information content (AvgIpc) is 2.51. The molecule has 0 atom stereocenters. The van der Waals surface area contributed by atoms with Gasteiger partial charge in [0.05, 0.1) is 13.1 Å². The van der Waals surface area contributed by atoms with Gasteiger partial charge in [-0.15, -0.1) is 0 Å². The van der Waals surface area contributed by atoms with Crippen molar-refractivity contribution in [1.82, 2.24) is 15.5 Å². The fraction of sp³-hybridized carbons (Fsp3) is 0.500. The highest BCUT2D eigenvalue weighted by Gasteiger charge is 2.07. The first-order chi connectivity index (χ1) is 11.0. The minimum atomic E-state index is -0.233. The first-order valence-electron chi connectivity index (χ1n) is 7.46. The maximum absolute atomic E-state index is 13.4. The van der Waals surface area contributed by atoms with Gasteiger partial charge in [-0.2, -0.15) is 11.8 Å². The number of likely N-dealkylation sites (N-methyl/N-ethyl adjacent to an activating group) is 1. The van der Waals surface area contributed by atoms with Crippen LogP contribution in [0.3, 0.4) is 0 Å². The maximum Gasteiger partial charge on any atom is 0.241 e. The smallest absolute Gasteiger partial charge is 0.241 e. The molecule has 0 aliphatic carbocycles. The molecule has 0 heterocycles. The minimum absolute atomic E-state index is 0.0274. The number of thioether (sulfide) groups is 1. The number of rotatable bonds is 7. The minimum Gasteiger partial charge on any atom is -0.357 e. The van der Waals surface area contributed by atoms with Gasteiger partial charge in [0.15, 0.2) is 5.96 Å². The molecule has 0 unspecified atom stereocenters. The first kappa shape index (κ1) is 19.3. The van der Waals surface area contributed by atoms with Crippen molar-refractivity contribution in [2.75, 3.05) is 33.4 Å². The van der Waals surface area contributed by atoms with Crippen molar-refractivity contribution in [3.05, 3.63) is 35.1 Å². The van der Waals surface area contributed by atoms with Crippen molar-refractivity contribution in [1.29, 1.82) is 0 Å². The van der Waals surface area contributed by atoms with E-state index in [1.54, 1.807) is 38.0 Å². The topological polar surface area (TPSA) is 56.7 Å². The number of hydrogen-bond donors (Lipinski definition) is 2. The number of halogens is 1. The SMILES string of the molecule is CCNC(=NCc1ccc(F)cc1CSC)NCC(=O)N(C)C. The Kier molecular flexibility index (Phi) is 8.47. The van der Waals surface area contributed by atoms with Gasteiger partial charge in [0.2, 0.25) is 5.91 Å². The van der Waals surface area contributed by atoms with Crippen molar-refractivity contribution in [2.45, 2.75) is 19.2 Å². The van der Waals surface area contributed by atoms with Gasteiger partial charge in [0, 0.05) is 26.4 Å². The summed E-state index contributed by atoms with van der Waals surface area (Å²) in [5.74, 6) is 1.05. The second kappa shape index (κ2) is 10.1. The predicted octanol–water partition coefficient (Wildman–Crippen LogP) is 1.83. The lowest BCUT2D eigenvalue weighted by Crippen LogP contribution is -2.42. The number of guanidine groups is 1. The summed E-state index contributed by atoms with van der Waals surface area (Å²) in [6.07, 6.45) is 1.98. The van der Waals surface area contributed by atoms with Crippen LogP contribution in [-0.4, -0.2) is 50.2 Å². The van der Waals surface area contributed by atoms with Crippen molar-refractivity contribution in [2.24, 2.45) is 4.99 Å². The molecule has 0 fully saturated rings. The summed E-state index contributed by atoms with van der Waals surface area (Å²) in [6.45, 7) is 3.27. The van der Waals surface area contributed by atoms with Crippen molar-refractivity contribution >= 4 is 23.6 Å². The molecule has 128 valence electrons. The fourth-order valence-electron chi connectivity index (χ4n) is 1.86. The number of benzene rings is 1. The molecule has 23 heavy (non-hydrogen) atoms. The molecule has 1 aromatic carbocycles. The molecule has 0 aromatic heterocycles. The highest BCUT2D eigenvalue weighted by Crippen LogP contribution is 2.17. The molecule has 1 aromatic rings. The van der Waals surface area contributed by atoms with Crippen LogP contribution in [0.5, 0.6) is 0 Å². The van der Waals surface area contributed by atoms with Crippen LogP contribution in [0.1, 0.15) is 18.1 Å². The lowest BCUT2D eigenvalue weighted by Gasteiger charge is -2.14. The van der Waals surface area contributed by atoms with Gasteiger partial charge >= 0.3 is 0 Å². The normalized spacial score (nSPS) is 11.3. The largest absolute Gasteiger partial charge is 0.357 e. The lowest BCUT2D eigenvalue weighted by molar-refractivity contribution is -0.127. The number of aliphatic imine (C=N–C) groups is 1. The Balaban J connectivity index is 2.78. The van der Waals surface area contributed by atoms with Gasteiger partial charge in [-0.05, 0) is 36.4 Å². The zero-order valence-corrected chi connectivity index (χ0v) is 15.0. The molecule has 1 rings (SSSR count). The Morgan fingerprint density at radius 3 is 2.65 bits per heavy atom. The molecular formula is C16H25FN4OS. The van der Waals surface area contributed by atoms with Crippen molar-refractivity contribution in [3.63, 3.8) is 0 Å². The number of carbonyl (C=O) groups is 1. The molecule has 7 heteroatoms. The van der Waals surface area contributed by atoms with Gasteiger partial charge in [-0.3, -0.25) is 4.79 Å².